The molecule has 0 bridgehead atoms. The Morgan fingerprint density at radius 2 is 2.21 bits per heavy atom. The van der Waals surface area contributed by atoms with Crippen molar-refractivity contribution >= 4 is 34.0 Å². The summed E-state index contributed by atoms with van der Waals surface area (Å²) in [6.45, 7) is 1.71. The molecule has 1 rings (SSSR count). The highest BCUT2D eigenvalue weighted by Crippen LogP contribution is 2.24. The average Bonchev–Trinajstić information content (AvgIpc) is 2.27. The average molecular weight is 305 g/mol. The van der Waals surface area contributed by atoms with Crippen molar-refractivity contribution in [3.8, 4) is 0 Å². The fourth-order valence-corrected chi connectivity index (χ4v) is 2.47. The summed E-state index contributed by atoms with van der Waals surface area (Å²) in [7, 11) is -1.03. The molecule has 6 nitrogen and oxygen atoms in total. The molecule has 0 aliphatic heterocycles. The van der Waals surface area contributed by atoms with Gasteiger partial charge in [-0.1, -0.05) is 11.6 Å². The van der Waals surface area contributed by atoms with E-state index in [2.05, 4.69) is 5.32 Å². The molecule has 8 heteroatoms. The maximum Gasteiger partial charge on any atom is 0.288 e. The van der Waals surface area contributed by atoms with Crippen LogP contribution in [-0.2, 0) is 10.8 Å². The number of carbonyl (C=O) groups is 1. The lowest BCUT2D eigenvalue weighted by Crippen LogP contribution is -2.36. The Morgan fingerprint density at radius 3 is 2.74 bits per heavy atom. The predicted molar refractivity (Wildman–Crippen MR) is 74.0 cm³/mol. The molecule has 0 radical (unpaired) electrons. The molecule has 2 unspecified atom stereocenters. The highest BCUT2D eigenvalue weighted by atomic mass is 35.5. The fraction of sp³-hybridized carbons (Fsp3) is 0.364. The summed E-state index contributed by atoms with van der Waals surface area (Å²) >= 11 is 5.66. The van der Waals surface area contributed by atoms with Gasteiger partial charge in [-0.05, 0) is 19.1 Å². The lowest BCUT2D eigenvalue weighted by Gasteiger charge is -2.12. The van der Waals surface area contributed by atoms with Crippen LogP contribution in [0.2, 0.25) is 5.02 Å². The number of hydrogen-bond acceptors (Lipinski definition) is 4. The lowest BCUT2D eigenvalue weighted by molar-refractivity contribution is -0.384. The number of nitro groups is 1. The Morgan fingerprint density at radius 1 is 1.58 bits per heavy atom. The summed E-state index contributed by atoms with van der Waals surface area (Å²) in [5, 5.41) is 13.3. The van der Waals surface area contributed by atoms with Crippen molar-refractivity contribution in [2.45, 2.75) is 13.0 Å². The smallest absolute Gasteiger partial charge is 0.288 e. The first kappa shape index (κ1) is 15.6. The molecule has 0 fully saturated rings. The standard InChI is InChI=1S/C11H13ClN2O4S/c1-7(6-19(2)18)13-11(15)8-3-4-9(12)10(5-8)14(16)17/h3-5,7H,6H2,1-2H3,(H,13,15). The topological polar surface area (TPSA) is 89.3 Å². The van der Waals surface area contributed by atoms with Crippen LogP contribution in [0, 0.1) is 10.1 Å². The third kappa shape index (κ3) is 4.60. The minimum absolute atomic E-state index is 0.0238. The highest BCUT2D eigenvalue weighted by molar-refractivity contribution is 7.84. The fourth-order valence-electron chi connectivity index (χ4n) is 1.49. The zero-order valence-corrected chi connectivity index (χ0v) is 12.0. The molecular formula is C11H13ClN2O4S. The molecule has 104 valence electrons. The van der Waals surface area contributed by atoms with E-state index in [4.69, 9.17) is 11.6 Å². The highest BCUT2D eigenvalue weighted by Gasteiger charge is 2.17. The van der Waals surface area contributed by atoms with Gasteiger partial charge in [0, 0.05) is 40.5 Å². The van der Waals surface area contributed by atoms with Gasteiger partial charge in [-0.3, -0.25) is 19.1 Å². The number of amides is 1. The van der Waals surface area contributed by atoms with E-state index in [0.29, 0.717) is 5.75 Å². The zero-order valence-electron chi connectivity index (χ0n) is 10.4. The van der Waals surface area contributed by atoms with Crippen LogP contribution in [-0.4, -0.2) is 33.1 Å². The van der Waals surface area contributed by atoms with E-state index in [-0.39, 0.29) is 22.3 Å². The maximum absolute atomic E-state index is 11.8. The van der Waals surface area contributed by atoms with E-state index in [0.717, 1.165) is 6.07 Å². The van der Waals surface area contributed by atoms with Gasteiger partial charge in [-0.2, -0.15) is 0 Å². The third-order valence-corrected chi connectivity index (χ3v) is 3.56. The summed E-state index contributed by atoms with van der Waals surface area (Å²) in [4.78, 5) is 21.9. The van der Waals surface area contributed by atoms with Gasteiger partial charge in [0.1, 0.15) is 5.02 Å². The first-order chi connectivity index (χ1) is 8.81. The second kappa shape index (κ2) is 6.63. The summed E-state index contributed by atoms with van der Waals surface area (Å²) in [6.07, 6.45) is 1.54. The SMILES string of the molecule is CC(CS(C)=O)NC(=O)c1ccc(Cl)c([N+](=O)[O-])c1. The van der Waals surface area contributed by atoms with E-state index in [1.165, 1.54) is 18.4 Å². The molecule has 19 heavy (non-hydrogen) atoms. The number of carbonyl (C=O) groups excluding carboxylic acids is 1. The van der Waals surface area contributed by atoms with Gasteiger partial charge >= 0.3 is 0 Å². The first-order valence-corrected chi connectivity index (χ1v) is 7.46. The molecule has 2 atom stereocenters. The first-order valence-electron chi connectivity index (χ1n) is 5.36. The Hall–Kier alpha value is -1.47. The van der Waals surface area contributed by atoms with Gasteiger partial charge in [0.25, 0.3) is 11.6 Å². The van der Waals surface area contributed by atoms with Crippen LogP contribution in [0.3, 0.4) is 0 Å². The Kier molecular flexibility index (Phi) is 5.44. The third-order valence-electron chi connectivity index (χ3n) is 2.27. The van der Waals surface area contributed by atoms with Crippen molar-refractivity contribution in [1.82, 2.24) is 5.32 Å². The van der Waals surface area contributed by atoms with Crippen LogP contribution in [0.15, 0.2) is 18.2 Å². The van der Waals surface area contributed by atoms with Gasteiger partial charge in [0.15, 0.2) is 0 Å². The van der Waals surface area contributed by atoms with Crippen molar-refractivity contribution < 1.29 is 13.9 Å². The molecule has 0 heterocycles. The molecular weight excluding hydrogens is 292 g/mol. The molecule has 0 saturated heterocycles. The minimum Gasteiger partial charge on any atom is -0.349 e. The predicted octanol–water partition coefficient (Wildman–Crippen LogP) is 1.74. The van der Waals surface area contributed by atoms with Crippen LogP contribution in [0.25, 0.3) is 0 Å². The number of rotatable bonds is 5. The number of nitrogens with zero attached hydrogens (tertiary/aromatic N) is 1. The van der Waals surface area contributed by atoms with Crippen molar-refractivity contribution in [2.24, 2.45) is 0 Å². The van der Waals surface area contributed by atoms with E-state index in [9.17, 15) is 19.1 Å². The number of benzene rings is 1. The molecule has 1 aromatic carbocycles. The van der Waals surface area contributed by atoms with Crippen LogP contribution < -0.4 is 5.32 Å². The summed E-state index contributed by atoms with van der Waals surface area (Å²) in [5.74, 6) is -0.140. The van der Waals surface area contributed by atoms with E-state index in [1.807, 2.05) is 0 Å². The van der Waals surface area contributed by atoms with Crippen molar-refractivity contribution in [2.75, 3.05) is 12.0 Å². The van der Waals surface area contributed by atoms with E-state index < -0.39 is 21.6 Å². The number of nitrogens with one attached hydrogen (secondary N) is 1. The molecule has 1 amide bonds. The number of nitro benzene ring substituents is 1. The summed E-state index contributed by atoms with van der Waals surface area (Å²) in [5.41, 5.74) is -0.175. The minimum atomic E-state index is -1.03. The monoisotopic (exact) mass is 304 g/mol. The van der Waals surface area contributed by atoms with Gasteiger partial charge in [0.2, 0.25) is 0 Å². The second-order valence-electron chi connectivity index (χ2n) is 4.04. The quantitative estimate of drug-likeness (QED) is 0.663. The summed E-state index contributed by atoms with van der Waals surface area (Å²) in [6, 6.07) is 3.54. The molecule has 1 aromatic rings. The van der Waals surface area contributed by atoms with Crippen LogP contribution in [0.4, 0.5) is 5.69 Å². The van der Waals surface area contributed by atoms with Gasteiger partial charge in [0.05, 0.1) is 4.92 Å². The molecule has 0 aliphatic carbocycles. The van der Waals surface area contributed by atoms with E-state index >= 15 is 0 Å². The van der Waals surface area contributed by atoms with Crippen LogP contribution >= 0.6 is 11.6 Å². The lowest BCUT2D eigenvalue weighted by atomic mass is 10.2. The van der Waals surface area contributed by atoms with Gasteiger partial charge < -0.3 is 5.32 Å². The molecule has 0 aromatic heterocycles. The van der Waals surface area contributed by atoms with Gasteiger partial charge in [-0.25, -0.2) is 0 Å². The van der Waals surface area contributed by atoms with Crippen LogP contribution in [0.1, 0.15) is 17.3 Å². The second-order valence-corrected chi connectivity index (χ2v) is 5.92. The van der Waals surface area contributed by atoms with Crippen LogP contribution in [0.5, 0.6) is 0 Å². The molecule has 1 N–H and O–H groups in total. The zero-order chi connectivity index (χ0) is 14.6. The molecule has 0 aliphatic rings. The van der Waals surface area contributed by atoms with Crippen molar-refractivity contribution in [3.63, 3.8) is 0 Å². The largest absolute Gasteiger partial charge is 0.349 e. The van der Waals surface area contributed by atoms with E-state index in [1.54, 1.807) is 6.92 Å². The Bertz CT molecular complexity index is 535. The molecule has 0 saturated carbocycles. The molecule has 0 spiro atoms. The Labute approximate surface area is 117 Å². The van der Waals surface area contributed by atoms with Crippen molar-refractivity contribution in [3.05, 3.63) is 38.9 Å². The summed E-state index contributed by atoms with van der Waals surface area (Å²) < 4.78 is 11.0. The number of hydrogen-bond donors (Lipinski definition) is 1. The van der Waals surface area contributed by atoms with Crippen molar-refractivity contribution in [1.29, 1.82) is 0 Å². The maximum atomic E-state index is 11.8. The normalized spacial score (nSPS) is 13.6. The number of halogens is 1. The Balaban J connectivity index is 2.86. The van der Waals surface area contributed by atoms with Gasteiger partial charge in [-0.15, -0.1) is 0 Å².